The highest BCUT2D eigenvalue weighted by Gasteiger charge is 2.23. The zero-order valence-electron chi connectivity index (χ0n) is 11.7. The maximum absolute atomic E-state index is 12.5. The minimum Gasteiger partial charge on any atom is -0.482 e. The number of carbonyl (C=O) groups excluding carboxylic acids is 1. The third-order valence-electron chi connectivity index (χ3n) is 3.10. The van der Waals surface area contributed by atoms with Crippen LogP contribution in [0.25, 0.3) is 0 Å². The molecule has 1 aliphatic heterocycles. The number of rotatable bonds is 3. The summed E-state index contributed by atoms with van der Waals surface area (Å²) in [6.07, 6.45) is 1.50. The van der Waals surface area contributed by atoms with Gasteiger partial charge < -0.3 is 10.1 Å². The standard InChI is InChI=1S/C14H13N3O4S/c1-9-6-10-11(21-8-14(18)16-10)7-12(9)22(19,20)17-13-4-2-3-5-15-13/h2-7H,8H2,1H3,(H,15,17)(H,16,18). The maximum Gasteiger partial charge on any atom is 0.263 e. The summed E-state index contributed by atoms with van der Waals surface area (Å²) in [5.41, 5.74) is 0.957. The number of fused-ring (bicyclic) bond motifs is 1. The van der Waals surface area contributed by atoms with Crippen LogP contribution in [-0.2, 0) is 14.8 Å². The quantitative estimate of drug-likeness (QED) is 0.894. The van der Waals surface area contributed by atoms with E-state index in [0.29, 0.717) is 17.0 Å². The summed E-state index contributed by atoms with van der Waals surface area (Å²) in [6, 6.07) is 7.90. The molecule has 2 heterocycles. The van der Waals surface area contributed by atoms with Crippen LogP contribution >= 0.6 is 0 Å². The number of carbonyl (C=O) groups is 1. The summed E-state index contributed by atoms with van der Waals surface area (Å²) in [7, 11) is -3.80. The summed E-state index contributed by atoms with van der Waals surface area (Å²) in [5, 5.41) is 2.64. The Morgan fingerprint density at radius 3 is 2.86 bits per heavy atom. The van der Waals surface area contributed by atoms with E-state index in [0.717, 1.165) is 0 Å². The van der Waals surface area contributed by atoms with Crippen LogP contribution in [0.1, 0.15) is 5.56 Å². The van der Waals surface area contributed by atoms with Crippen LogP contribution in [-0.4, -0.2) is 25.9 Å². The molecule has 0 fully saturated rings. The van der Waals surface area contributed by atoms with E-state index in [9.17, 15) is 13.2 Å². The lowest BCUT2D eigenvalue weighted by molar-refractivity contribution is -0.118. The van der Waals surface area contributed by atoms with Gasteiger partial charge in [-0.25, -0.2) is 13.4 Å². The minimum atomic E-state index is -3.80. The molecule has 1 aromatic heterocycles. The van der Waals surface area contributed by atoms with Crippen LogP contribution in [0, 0.1) is 6.92 Å². The molecule has 0 bridgehead atoms. The highest BCUT2D eigenvalue weighted by molar-refractivity contribution is 7.92. The summed E-state index contributed by atoms with van der Waals surface area (Å²) in [5.74, 6) is 0.287. The van der Waals surface area contributed by atoms with Gasteiger partial charge in [-0.3, -0.25) is 9.52 Å². The zero-order chi connectivity index (χ0) is 15.7. The van der Waals surface area contributed by atoms with Crippen molar-refractivity contribution in [1.29, 1.82) is 0 Å². The Balaban J connectivity index is 1.99. The van der Waals surface area contributed by atoms with E-state index in [-0.39, 0.29) is 23.2 Å². The maximum atomic E-state index is 12.5. The lowest BCUT2D eigenvalue weighted by Crippen LogP contribution is -2.26. The van der Waals surface area contributed by atoms with Crippen molar-refractivity contribution in [3.05, 3.63) is 42.1 Å². The number of ether oxygens (including phenoxy) is 1. The van der Waals surface area contributed by atoms with Crippen molar-refractivity contribution in [2.45, 2.75) is 11.8 Å². The molecule has 0 saturated heterocycles. The largest absolute Gasteiger partial charge is 0.482 e. The van der Waals surface area contributed by atoms with Gasteiger partial charge in [0, 0.05) is 12.3 Å². The third-order valence-corrected chi connectivity index (χ3v) is 4.60. The van der Waals surface area contributed by atoms with E-state index in [1.54, 1.807) is 31.2 Å². The molecule has 0 aliphatic carbocycles. The van der Waals surface area contributed by atoms with Crippen molar-refractivity contribution < 1.29 is 17.9 Å². The lowest BCUT2D eigenvalue weighted by atomic mass is 10.2. The second-order valence-electron chi connectivity index (χ2n) is 4.77. The van der Waals surface area contributed by atoms with Crippen molar-refractivity contribution in [3.63, 3.8) is 0 Å². The van der Waals surface area contributed by atoms with Gasteiger partial charge in [-0.15, -0.1) is 0 Å². The first-order valence-corrected chi connectivity index (χ1v) is 7.95. The van der Waals surface area contributed by atoms with Gasteiger partial charge >= 0.3 is 0 Å². The number of pyridine rings is 1. The number of hydrogen-bond donors (Lipinski definition) is 2. The number of aryl methyl sites for hydroxylation is 1. The number of aromatic nitrogens is 1. The average molecular weight is 319 g/mol. The Bertz CT molecular complexity index is 835. The van der Waals surface area contributed by atoms with Crippen molar-refractivity contribution >= 4 is 27.4 Å². The molecular formula is C14H13N3O4S. The average Bonchev–Trinajstić information content (AvgIpc) is 2.46. The molecule has 22 heavy (non-hydrogen) atoms. The number of nitrogens with one attached hydrogen (secondary N) is 2. The molecular weight excluding hydrogens is 306 g/mol. The van der Waals surface area contributed by atoms with Crippen LogP contribution in [0.2, 0.25) is 0 Å². The fraction of sp³-hybridized carbons (Fsp3) is 0.143. The summed E-state index contributed by atoms with van der Waals surface area (Å²) in [6.45, 7) is 1.51. The summed E-state index contributed by atoms with van der Waals surface area (Å²) in [4.78, 5) is 15.3. The lowest BCUT2D eigenvalue weighted by Gasteiger charge is -2.20. The number of hydrogen-bond acceptors (Lipinski definition) is 5. The molecule has 1 aromatic carbocycles. The van der Waals surface area contributed by atoms with Crippen molar-refractivity contribution in [2.75, 3.05) is 16.6 Å². The SMILES string of the molecule is Cc1cc2c(cc1S(=O)(=O)Nc1ccccn1)OCC(=O)N2. The first-order valence-electron chi connectivity index (χ1n) is 6.47. The smallest absolute Gasteiger partial charge is 0.263 e. The molecule has 8 heteroatoms. The van der Waals surface area contributed by atoms with Gasteiger partial charge in [0.15, 0.2) is 6.61 Å². The predicted molar refractivity (Wildman–Crippen MR) is 80.3 cm³/mol. The first-order chi connectivity index (χ1) is 10.5. The van der Waals surface area contributed by atoms with E-state index < -0.39 is 10.0 Å². The molecule has 0 saturated carbocycles. The fourth-order valence-electron chi connectivity index (χ4n) is 2.12. The van der Waals surface area contributed by atoms with Gasteiger partial charge in [0.1, 0.15) is 11.6 Å². The second kappa shape index (κ2) is 5.30. The molecule has 0 atom stereocenters. The van der Waals surface area contributed by atoms with Crippen LogP contribution in [0.3, 0.4) is 0 Å². The Morgan fingerprint density at radius 1 is 1.32 bits per heavy atom. The van der Waals surface area contributed by atoms with Gasteiger partial charge in [-0.2, -0.15) is 0 Å². The number of sulfonamides is 1. The Hall–Kier alpha value is -2.61. The molecule has 0 spiro atoms. The third kappa shape index (κ3) is 2.73. The minimum absolute atomic E-state index is 0.0769. The summed E-state index contributed by atoms with van der Waals surface area (Å²) >= 11 is 0. The van der Waals surface area contributed by atoms with E-state index in [4.69, 9.17) is 4.74 Å². The van der Waals surface area contributed by atoms with Gasteiger partial charge in [0.05, 0.1) is 10.6 Å². The number of anilines is 2. The molecule has 114 valence electrons. The van der Waals surface area contributed by atoms with Crippen LogP contribution in [0.15, 0.2) is 41.4 Å². The predicted octanol–water partition coefficient (Wildman–Crippen LogP) is 1.52. The monoisotopic (exact) mass is 319 g/mol. The Labute approximate surface area is 127 Å². The normalized spacial score (nSPS) is 13.8. The number of amides is 1. The van der Waals surface area contributed by atoms with Crippen LogP contribution < -0.4 is 14.8 Å². The van der Waals surface area contributed by atoms with Gasteiger partial charge in [0.2, 0.25) is 0 Å². The topological polar surface area (TPSA) is 97.4 Å². The Kier molecular flexibility index (Phi) is 3.45. The van der Waals surface area contributed by atoms with E-state index in [2.05, 4.69) is 15.0 Å². The highest BCUT2D eigenvalue weighted by atomic mass is 32.2. The van der Waals surface area contributed by atoms with Crippen molar-refractivity contribution in [1.82, 2.24) is 4.98 Å². The van der Waals surface area contributed by atoms with Crippen LogP contribution in [0.5, 0.6) is 5.75 Å². The Morgan fingerprint density at radius 2 is 2.14 bits per heavy atom. The molecule has 3 rings (SSSR count). The van der Waals surface area contributed by atoms with Gasteiger partial charge in [0.25, 0.3) is 15.9 Å². The second-order valence-corrected chi connectivity index (χ2v) is 6.42. The fourth-order valence-corrected chi connectivity index (χ4v) is 3.37. The summed E-state index contributed by atoms with van der Waals surface area (Å²) < 4.78 is 32.6. The molecule has 0 radical (unpaired) electrons. The molecule has 2 aromatic rings. The van der Waals surface area contributed by atoms with Crippen molar-refractivity contribution in [2.24, 2.45) is 0 Å². The molecule has 7 nitrogen and oxygen atoms in total. The molecule has 0 unspecified atom stereocenters. The molecule has 1 amide bonds. The van der Waals surface area contributed by atoms with E-state index in [1.165, 1.54) is 12.3 Å². The first kappa shape index (κ1) is 14.3. The van der Waals surface area contributed by atoms with E-state index in [1.807, 2.05) is 0 Å². The van der Waals surface area contributed by atoms with Gasteiger partial charge in [-0.1, -0.05) is 6.07 Å². The number of benzene rings is 1. The van der Waals surface area contributed by atoms with Crippen molar-refractivity contribution in [3.8, 4) is 5.75 Å². The highest BCUT2D eigenvalue weighted by Crippen LogP contribution is 2.33. The number of nitrogens with zero attached hydrogens (tertiary/aromatic N) is 1. The zero-order valence-corrected chi connectivity index (χ0v) is 12.5. The molecule has 1 aliphatic rings. The van der Waals surface area contributed by atoms with Gasteiger partial charge in [-0.05, 0) is 30.7 Å². The molecule has 2 N–H and O–H groups in total. The van der Waals surface area contributed by atoms with Crippen LogP contribution in [0.4, 0.5) is 11.5 Å². The van der Waals surface area contributed by atoms with E-state index >= 15 is 0 Å².